The number of sulfonamides is 1. The van der Waals surface area contributed by atoms with Gasteiger partial charge in [-0.1, -0.05) is 12.1 Å². The highest BCUT2D eigenvalue weighted by Gasteiger charge is 2.41. The lowest BCUT2D eigenvalue weighted by Crippen LogP contribution is -2.47. The van der Waals surface area contributed by atoms with E-state index in [0.29, 0.717) is 12.6 Å². The second-order valence-corrected chi connectivity index (χ2v) is 7.81. The number of halogens is 1. The molecule has 7 nitrogen and oxygen atoms in total. The van der Waals surface area contributed by atoms with Crippen LogP contribution in [-0.4, -0.2) is 39.2 Å². The third-order valence-electron chi connectivity index (χ3n) is 4.42. The van der Waals surface area contributed by atoms with E-state index in [4.69, 9.17) is 9.88 Å². The van der Waals surface area contributed by atoms with Gasteiger partial charge in [0.25, 0.3) is 0 Å². The molecule has 3 atom stereocenters. The lowest BCUT2D eigenvalue weighted by molar-refractivity contribution is 0.0992. The number of guanidine groups is 1. The van der Waals surface area contributed by atoms with Gasteiger partial charge in [0.05, 0.1) is 29.7 Å². The Bertz CT molecular complexity index is 726. The molecule has 0 radical (unpaired) electrons. The largest absolute Gasteiger partial charge is 0.373 e. The topological polar surface area (TPSA) is 106 Å². The minimum absolute atomic E-state index is 0. The Morgan fingerprint density at radius 1 is 1.40 bits per heavy atom. The normalized spacial score (nSPS) is 25.5. The van der Waals surface area contributed by atoms with Gasteiger partial charge in [0, 0.05) is 6.54 Å². The molecule has 0 aliphatic carbocycles. The molecule has 2 fully saturated rings. The summed E-state index contributed by atoms with van der Waals surface area (Å²) in [5, 5.41) is 11.8. The van der Waals surface area contributed by atoms with Gasteiger partial charge in [-0.2, -0.15) is 0 Å². The van der Waals surface area contributed by atoms with E-state index in [-0.39, 0.29) is 41.0 Å². The Kier molecular flexibility index (Phi) is 7.06. The minimum Gasteiger partial charge on any atom is -0.373 e. The SMILES string of the molecule is CCNC(=NCc1cccc(S(N)(=O)=O)c1)NC1CC2CCC1O2.I. The molecule has 0 saturated carbocycles. The average Bonchev–Trinajstić information content (AvgIpc) is 3.15. The Labute approximate surface area is 165 Å². The maximum Gasteiger partial charge on any atom is 0.238 e. The molecule has 2 aliphatic rings. The number of nitrogens with one attached hydrogen (secondary N) is 2. The van der Waals surface area contributed by atoms with Gasteiger partial charge >= 0.3 is 0 Å². The van der Waals surface area contributed by atoms with Crippen molar-refractivity contribution in [3.05, 3.63) is 29.8 Å². The van der Waals surface area contributed by atoms with E-state index in [1.807, 2.05) is 13.0 Å². The molecule has 3 unspecified atom stereocenters. The van der Waals surface area contributed by atoms with Gasteiger partial charge in [-0.05, 0) is 43.9 Å². The van der Waals surface area contributed by atoms with Crippen molar-refractivity contribution >= 4 is 40.0 Å². The van der Waals surface area contributed by atoms with Gasteiger partial charge in [-0.3, -0.25) is 0 Å². The van der Waals surface area contributed by atoms with Gasteiger partial charge in [0.2, 0.25) is 10.0 Å². The predicted molar refractivity (Wildman–Crippen MR) is 107 cm³/mol. The summed E-state index contributed by atoms with van der Waals surface area (Å²) < 4.78 is 28.7. The van der Waals surface area contributed by atoms with Gasteiger partial charge in [-0.15, -0.1) is 24.0 Å². The summed E-state index contributed by atoms with van der Waals surface area (Å²) in [5.74, 6) is 0.722. The quantitative estimate of drug-likeness (QED) is 0.335. The number of nitrogens with two attached hydrogens (primary N) is 1. The van der Waals surface area contributed by atoms with Crippen molar-refractivity contribution in [2.75, 3.05) is 6.54 Å². The third kappa shape index (κ3) is 5.28. The summed E-state index contributed by atoms with van der Waals surface area (Å²) >= 11 is 0. The third-order valence-corrected chi connectivity index (χ3v) is 5.33. The zero-order chi connectivity index (χ0) is 17.2. The molecule has 2 heterocycles. The van der Waals surface area contributed by atoms with Crippen LogP contribution >= 0.6 is 24.0 Å². The first-order valence-corrected chi connectivity index (χ1v) is 9.82. The van der Waals surface area contributed by atoms with Crippen LogP contribution < -0.4 is 15.8 Å². The molecule has 0 spiro atoms. The average molecular weight is 480 g/mol. The lowest BCUT2D eigenvalue weighted by atomic mass is 9.96. The number of hydrogen-bond acceptors (Lipinski definition) is 4. The smallest absolute Gasteiger partial charge is 0.238 e. The Balaban J connectivity index is 0.00000225. The van der Waals surface area contributed by atoms with Crippen LogP contribution in [0.15, 0.2) is 34.2 Å². The van der Waals surface area contributed by atoms with Crippen LogP contribution in [0.3, 0.4) is 0 Å². The minimum atomic E-state index is -3.69. The summed E-state index contributed by atoms with van der Waals surface area (Å²) in [6.45, 7) is 3.14. The van der Waals surface area contributed by atoms with Gasteiger partial charge < -0.3 is 15.4 Å². The van der Waals surface area contributed by atoms with Crippen molar-refractivity contribution in [3.8, 4) is 0 Å². The van der Waals surface area contributed by atoms with E-state index in [2.05, 4.69) is 15.6 Å². The zero-order valence-electron chi connectivity index (χ0n) is 14.1. The van der Waals surface area contributed by atoms with Crippen molar-refractivity contribution in [2.24, 2.45) is 10.1 Å². The fraction of sp³-hybridized carbons (Fsp3) is 0.562. The van der Waals surface area contributed by atoms with E-state index in [0.717, 1.165) is 37.3 Å². The lowest BCUT2D eigenvalue weighted by Gasteiger charge is -2.22. The van der Waals surface area contributed by atoms with Crippen molar-refractivity contribution in [1.29, 1.82) is 0 Å². The summed E-state index contributed by atoms with van der Waals surface area (Å²) in [5.41, 5.74) is 0.794. The molecule has 3 rings (SSSR count). The number of ether oxygens (including phenoxy) is 1. The molecule has 1 aromatic carbocycles. The molecule has 140 valence electrons. The number of fused-ring (bicyclic) bond motifs is 2. The molecule has 9 heteroatoms. The van der Waals surface area contributed by atoms with Crippen molar-refractivity contribution in [3.63, 3.8) is 0 Å². The molecule has 2 aliphatic heterocycles. The van der Waals surface area contributed by atoms with E-state index in [9.17, 15) is 8.42 Å². The van der Waals surface area contributed by atoms with Gasteiger partial charge in [-0.25, -0.2) is 18.5 Å². The number of aliphatic imine (C=N–C) groups is 1. The first-order valence-electron chi connectivity index (χ1n) is 8.27. The fourth-order valence-electron chi connectivity index (χ4n) is 3.28. The Hall–Kier alpha value is -0.910. The van der Waals surface area contributed by atoms with Crippen LogP contribution in [0.1, 0.15) is 31.7 Å². The Morgan fingerprint density at radius 3 is 2.80 bits per heavy atom. The van der Waals surface area contributed by atoms with Crippen LogP contribution in [-0.2, 0) is 21.3 Å². The van der Waals surface area contributed by atoms with Gasteiger partial charge in [0.1, 0.15) is 0 Å². The number of rotatable bonds is 5. The summed E-state index contributed by atoms with van der Waals surface area (Å²) in [6, 6.07) is 6.84. The fourth-order valence-corrected chi connectivity index (χ4v) is 3.86. The summed E-state index contributed by atoms with van der Waals surface area (Å²) in [4.78, 5) is 4.66. The monoisotopic (exact) mass is 480 g/mol. The highest BCUT2D eigenvalue weighted by Crippen LogP contribution is 2.34. The van der Waals surface area contributed by atoms with Gasteiger partial charge in [0.15, 0.2) is 5.96 Å². The van der Waals surface area contributed by atoms with Crippen LogP contribution in [0.4, 0.5) is 0 Å². The van der Waals surface area contributed by atoms with Crippen LogP contribution in [0.2, 0.25) is 0 Å². The molecule has 0 amide bonds. The number of primary sulfonamides is 1. The summed E-state index contributed by atoms with van der Waals surface area (Å²) in [6.07, 6.45) is 3.90. The highest BCUT2D eigenvalue weighted by atomic mass is 127. The molecular formula is C16H25IN4O3S. The molecule has 0 aromatic heterocycles. The molecule has 2 saturated heterocycles. The Morgan fingerprint density at radius 2 is 2.20 bits per heavy atom. The van der Waals surface area contributed by atoms with Crippen molar-refractivity contribution in [1.82, 2.24) is 10.6 Å². The van der Waals surface area contributed by atoms with E-state index < -0.39 is 10.0 Å². The van der Waals surface area contributed by atoms with E-state index in [1.54, 1.807) is 12.1 Å². The number of nitrogens with zero attached hydrogens (tertiary/aromatic N) is 1. The second-order valence-electron chi connectivity index (χ2n) is 6.25. The number of benzene rings is 1. The van der Waals surface area contributed by atoms with E-state index >= 15 is 0 Å². The second kappa shape index (κ2) is 8.65. The van der Waals surface area contributed by atoms with E-state index in [1.165, 1.54) is 6.07 Å². The van der Waals surface area contributed by atoms with Crippen molar-refractivity contribution in [2.45, 2.75) is 55.9 Å². The molecule has 1 aromatic rings. The standard InChI is InChI=1S/C16H24N4O3S.HI/c1-2-18-16(20-14-9-12-6-7-15(14)23-12)19-10-11-4-3-5-13(8-11)24(17,21)22;/h3-5,8,12,14-15H,2,6-7,9-10H2,1H3,(H2,17,21,22)(H2,18,19,20);1H. The number of hydrogen-bond donors (Lipinski definition) is 3. The predicted octanol–water partition coefficient (Wildman–Crippen LogP) is 1.33. The molecule has 25 heavy (non-hydrogen) atoms. The first-order chi connectivity index (χ1) is 11.5. The molecular weight excluding hydrogens is 455 g/mol. The van der Waals surface area contributed by atoms with Crippen LogP contribution in [0, 0.1) is 0 Å². The highest BCUT2D eigenvalue weighted by molar-refractivity contribution is 14.0. The molecule has 2 bridgehead atoms. The maximum absolute atomic E-state index is 11.4. The summed E-state index contributed by atoms with van der Waals surface area (Å²) in [7, 11) is -3.69. The molecule has 4 N–H and O–H groups in total. The zero-order valence-corrected chi connectivity index (χ0v) is 17.3. The first kappa shape index (κ1) is 20.4. The maximum atomic E-state index is 11.4. The van der Waals surface area contributed by atoms with Crippen LogP contribution in [0.25, 0.3) is 0 Å². The van der Waals surface area contributed by atoms with Crippen LogP contribution in [0.5, 0.6) is 0 Å². The van der Waals surface area contributed by atoms with Crippen molar-refractivity contribution < 1.29 is 13.2 Å².